The van der Waals surface area contributed by atoms with Crippen LogP contribution in [0.15, 0.2) is 35.8 Å². The Morgan fingerprint density at radius 1 is 1.24 bits per heavy atom. The number of likely N-dealkylation sites (tertiary alicyclic amines) is 1. The van der Waals surface area contributed by atoms with Crippen molar-refractivity contribution in [3.05, 3.63) is 52.1 Å². The van der Waals surface area contributed by atoms with Crippen LogP contribution >= 0.6 is 11.3 Å². The normalized spacial score (nSPS) is 16.3. The van der Waals surface area contributed by atoms with E-state index in [0.717, 1.165) is 52.7 Å². The molecule has 4 rings (SSSR count). The summed E-state index contributed by atoms with van der Waals surface area (Å²) >= 11 is 1.61. The van der Waals surface area contributed by atoms with Gasteiger partial charge >= 0.3 is 0 Å². The van der Waals surface area contributed by atoms with E-state index < -0.39 is 0 Å². The van der Waals surface area contributed by atoms with E-state index in [2.05, 4.69) is 4.98 Å². The summed E-state index contributed by atoms with van der Waals surface area (Å²) in [6.07, 6.45) is 3.83. The summed E-state index contributed by atoms with van der Waals surface area (Å²) in [4.78, 5) is 20.0. The first-order valence-corrected chi connectivity index (χ1v) is 10.5. The van der Waals surface area contributed by atoms with Gasteiger partial charge in [-0.15, -0.1) is 11.3 Å². The smallest absolute Gasteiger partial charge is 0.271 e. The third kappa shape index (κ3) is 3.62. The second-order valence-corrected chi connectivity index (χ2v) is 8.30. The zero-order chi connectivity index (χ0) is 20.5. The highest BCUT2D eigenvalue weighted by atomic mass is 32.1. The summed E-state index contributed by atoms with van der Waals surface area (Å²) in [5.74, 6) is 1.57. The largest absolute Gasteiger partial charge is 0.497 e. The molecule has 0 radical (unpaired) electrons. The van der Waals surface area contributed by atoms with Gasteiger partial charge in [0.2, 0.25) is 0 Å². The van der Waals surface area contributed by atoms with E-state index in [1.807, 2.05) is 59.3 Å². The van der Waals surface area contributed by atoms with Gasteiger partial charge in [0.1, 0.15) is 17.2 Å². The van der Waals surface area contributed by atoms with Gasteiger partial charge in [0, 0.05) is 36.3 Å². The number of methoxy groups -OCH3 is 2. The van der Waals surface area contributed by atoms with E-state index in [1.165, 1.54) is 0 Å². The number of thiazole rings is 1. The van der Waals surface area contributed by atoms with Crippen molar-refractivity contribution in [2.24, 2.45) is 7.05 Å². The van der Waals surface area contributed by atoms with Crippen LogP contribution in [0.25, 0.3) is 11.3 Å². The minimum atomic E-state index is -0.0348. The molecule has 1 fully saturated rings. The Labute approximate surface area is 174 Å². The second-order valence-electron chi connectivity index (χ2n) is 7.24. The minimum absolute atomic E-state index is 0.0260. The van der Waals surface area contributed by atoms with Gasteiger partial charge in [0.25, 0.3) is 5.91 Å². The predicted octanol–water partition coefficient (Wildman–Crippen LogP) is 4.45. The highest BCUT2D eigenvalue weighted by Crippen LogP contribution is 2.40. The van der Waals surface area contributed by atoms with Gasteiger partial charge in [0.05, 0.1) is 31.0 Å². The molecule has 3 aromatic rings. The van der Waals surface area contributed by atoms with Gasteiger partial charge in [-0.3, -0.25) is 4.79 Å². The molecule has 0 spiro atoms. The third-order valence-electron chi connectivity index (χ3n) is 5.45. The molecular formula is C22H25N3O3S. The lowest BCUT2D eigenvalue weighted by atomic mass is 10.0. The zero-order valence-corrected chi connectivity index (χ0v) is 18.0. The quantitative estimate of drug-likeness (QED) is 0.622. The zero-order valence-electron chi connectivity index (χ0n) is 17.1. The summed E-state index contributed by atoms with van der Waals surface area (Å²) in [6, 6.07) is 7.66. The van der Waals surface area contributed by atoms with Crippen molar-refractivity contribution < 1.29 is 14.3 Å². The molecule has 7 heteroatoms. The minimum Gasteiger partial charge on any atom is -0.497 e. The van der Waals surface area contributed by atoms with Crippen LogP contribution in [-0.2, 0) is 7.05 Å². The van der Waals surface area contributed by atoms with Crippen LogP contribution in [-0.4, -0.2) is 41.1 Å². The molecule has 1 atom stereocenters. The van der Waals surface area contributed by atoms with Crippen molar-refractivity contribution in [1.29, 1.82) is 0 Å². The maximum Gasteiger partial charge on any atom is 0.271 e. The number of hydrogen-bond donors (Lipinski definition) is 0. The molecule has 3 heterocycles. The number of ether oxygens (including phenoxy) is 2. The Bertz CT molecular complexity index is 1040. The van der Waals surface area contributed by atoms with Crippen LogP contribution in [0, 0.1) is 6.92 Å². The molecule has 1 aromatic carbocycles. The fourth-order valence-corrected chi connectivity index (χ4v) is 4.62. The number of carbonyl (C=O) groups is 1. The van der Waals surface area contributed by atoms with Crippen LogP contribution in [0.2, 0.25) is 0 Å². The molecule has 6 nitrogen and oxygen atoms in total. The van der Waals surface area contributed by atoms with Crippen molar-refractivity contribution in [3.8, 4) is 22.8 Å². The van der Waals surface area contributed by atoms with Gasteiger partial charge in [-0.25, -0.2) is 4.98 Å². The van der Waals surface area contributed by atoms with E-state index in [-0.39, 0.29) is 11.9 Å². The molecule has 1 amide bonds. The first-order chi connectivity index (χ1) is 14.0. The first-order valence-electron chi connectivity index (χ1n) is 9.63. The predicted molar refractivity (Wildman–Crippen MR) is 114 cm³/mol. The average Bonchev–Trinajstić information content (AvgIpc) is 3.46. The Balaban J connectivity index is 1.66. The molecule has 0 aliphatic carbocycles. The Kier molecular flexibility index (Phi) is 5.32. The molecule has 1 saturated heterocycles. The highest BCUT2D eigenvalue weighted by molar-refractivity contribution is 7.09. The Morgan fingerprint density at radius 3 is 2.76 bits per heavy atom. The van der Waals surface area contributed by atoms with Crippen molar-refractivity contribution in [3.63, 3.8) is 0 Å². The number of amides is 1. The molecule has 1 aliphatic rings. The Morgan fingerprint density at radius 2 is 2.07 bits per heavy atom. The molecule has 2 aromatic heterocycles. The van der Waals surface area contributed by atoms with Crippen molar-refractivity contribution >= 4 is 17.2 Å². The number of hydrogen-bond acceptors (Lipinski definition) is 5. The maximum absolute atomic E-state index is 13.5. The van der Waals surface area contributed by atoms with E-state index in [9.17, 15) is 4.79 Å². The topological polar surface area (TPSA) is 56.6 Å². The summed E-state index contributed by atoms with van der Waals surface area (Å²) in [6.45, 7) is 2.71. The van der Waals surface area contributed by atoms with E-state index in [1.54, 1.807) is 25.6 Å². The van der Waals surface area contributed by atoms with Crippen LogP contribution in [0.1, 0.15) is 39.9 Å². The molecule has 0 saturated carbocycles. The van der Waals surface area contributed by atoms with Crippen LogP contribution < -0.4 is 9.47 Å². The SMILES string of the molecule is COc1ccc(OC)c(C2CCCN2C(=O)c2cc(-c3csc(C)n3)cn2C)c1. The van der Waals surface area contributed by atoms with Gasteiger partial charge in [-0.2, -0.15) is 0 Å². The molecule has 0 bridgehead atoms. The number of aromatic nitrogens is 2. The number of aryl methyl sites for hydroxylation is 2. The van der Waals surface area contributed by atoms with Gasteiger partial charge < -0.3 is 18.9 Å². The van der Waals surface area contributed by atoms with Crippen LogP contribution in [0.4, 0.5) is 0 Å². The number of nitrogens with zero attached hydrogens (tertiary/aromatic N) is 3. The summed E-state index contributed by atoms with van der Waals surface area (Å²) in [7, 11) is 5.22. The fraction of sp³-hybridized carbons (Fsp3) is 0.364. The average molecular weight is 412 g/mol. The van der Waals surface area contributed by atoms with Crippen LogP contribution in [0.3, 0.4) is 0 Å². The summed E-state index contributed by atoms with van der Waals surface area (Å²) in [5, 5.41) is 3.04. The van der Waals surface area contributed by atoms with Crippen molar-refractivity contribution in [1.82, 2.24) is 14.5 Å². The van der Waals surface area contributed by atoms with Crippen molar-refractivity contribution in [2.45, 2.75) is 25.8 Å². The summed E-state index contributed by atoms with van der Waals surface area (Å²) < 4.78 is 12.9. The highest BCUT2D eigenvalue weighted by Gasteiger charge is 2.34. The third-order valence-corrected chi connectivity index (χ3v) is 6.22. The summed E-state index contributed by atoms with van der Waals surface area (Å²) in [5.41, 5.74) is 3.53. The van der Waals surface area contributed by atoms with E-state index in [0.29, 0.717) is 5.69 Å². The molecule has 152 valence electrons. The van der Waals surface area contributed by atoms with Gasteiger partial charge in [-0.1, -0.05) is 0 Å². The van der Waals surface area contributed by atoms with E-state index in [4.69, 9.17) is 9.47 Å². The van der Waals surface area contributed by atoms with Gasteiger partial charge in [0.15, 0.2) is 0 Å². The molecular weight excluding hydrogens is 386 g/mol. The number of rotatable bonds is 5. The second kappa shape index (κ2) is 7.91. The maximum atomic E-state index is 13.5. The lowest BCUT2D eigenvalue weighted by Gasteiger charge is -2.27. The Hall–Kier alpha value is -2.80. The molecule has 29 heavy (non-hydrogen) atoms. The number of benzene rings is 1. The van der Waals surface area contributed by atoms with Crippen molar-refractivity contribution in [2.75, 3.05) is 20.8 Å². The standard InChI is InChI=1S/C22H25N3O3S/c1-14-23-18(13-29-14)15-10-20(24(2)12-15)22(26)25-9-5-6-19(25)17-11-16(27-3)7-8-21(17)28-4/h7-8,10-13,19H,5-6,9H2,1-4H3. The van der Waals surface area contributed by atoms with Gasteiger partial charge in [-0.05, 0) is 44.0 Å². The fourth-order valence-electron chi connectivity index (χ4n) is 3.99. The monoisotopic (exact) mass is 411 g/mol. The van der Waals surface area contributed by atoms with E-state index >= 15 is 0 Å². The molecule has 1 unspecified atom stereocenters. The molecule has 1 aliphatic heterocycles. The lowest BCUT2D eigenvalue weighted by molar-refractivity contribution is 0.0724. The molecule has 0 N–H and O–H groups in total. The lowest BCUT2D eigenvalue weighted by Crippen LogP contribution is -2.32. The first kappa shape index (κ1) is 19.5. The van der Waals surface area contributed by atoms with Crippen LogP contribution in [0.5, 0.6) is 11.5 Å². The number of carbonyl (C=O) groups excluding carboxylic acids is 1.